The smallest absolute Gasteiger partial charge is 0.336 e. The van der Waals surface area contributed by atoms with Crippen LogP contribution in [0.15, 0.2) is 24.0 Å². The largest absolute Gasteiger partial charge is 0.424 e. The Bertz CT molecular complexity index is 277. The van der Waals surface area contributed by atoms with E-state index in [0.29, 0.717) is 0 Å². The van der Waals surface area contributed by atoms with Gasteiger partial charge in [0, 0.05) is 6.08 Å². The van der Waals surface area contributed by atoms with Crippen molar-refractivity contribution in [2.75, 3.05) is 0 Å². The third kappa shape index (κ3) is 6.98. The summed E-state index contributed by atoms with van der Waals surface area (Å²) in [6.07, 6.45) is 16.9. The normalized spacial score (nSPS) is 16.8. The van der Waals surface area contributed by atoms with Gasteiger partial charge in [-0.15, -0.1) is 0 Å². The molecule has 1 aliphatic rings. The molecule has 0 radical (unpaired) electrons. The fourth-order valence-corrected chi connectivity index (χ4v) is 1.97. The Labute approximate surface area is 105 Å². The zero-order chi connectivity index (χ0) is 12.3. The Morgan fingerprint density at radius 2 is 1.65 bits per heavy atom. The third-order valence-corrected chi connectivity index (χ3v) is 3.01. The van der Waals surface area contributed by atoms with Crippen LogP contribution in [0.4, 0.5) is 0 Å². The van der Waals surface area contributed by atoms with Crippen molar-refractivity contribution in [2.24, 2.45) is 0 Å². The van der Waals surface area contributed by atoms with Crippen molar-refractivity contribution in [1.29, 1.82) is 0 Å². The van der Waals surface area contributed by atoms with E-state index in [1.54, 1.807) is 6.08 Å². The van der Waals surface area contributed by atoms with Gasteiger partial charge in [-0.3, -0.25) is 0 Å². The zero-order valence-corrected chi connectivity index (χ0v) is 10.9. The molecule has 0 amide bonds. The van der Waals surface area contributed by atoms with Crippen molar-refractivity contribution in [3.8, 4) is 0 Å². The number of carbonyl (C=O) groups is 1. The van der Waals surface area contributed by atoms with Crippen molar-refractivity contribution in [1.82, 2.24) is 0 Å². The molecule has 0 aromatic rings. The van der Waals surface area contributed by atoms with E-state index < -0.39 is 0 Å². The predicted molar refractivity (Wildman–Crippen MR) is 70.5 cm³/mol. The minimum Gasteiger partial charge on any atom is -0.424 e. The third-order valence-electron chi connectivity index (χ3n) is 3.01. The molecule has 96 valence electrons. The number of hydrogen-bond donors (Lipinski definition) is 0. The Balaban J connectivity index is 1.88. The van der Waals surface area contributed by atoms with Gasteiger partial charge in [-0.1, -0.05) is 51.9 Å². The lowest BCUT2D eigenvalue weighted by molar-refractivity contribution is -0.132. The van der Waals surface area contributed by atoms with Crippen LogP contribution in [0.3, 0.4) is 0 Å². The average molecular weight is 236 g/mol. The standard InChI is InChI=1S/C15H24O2/c1-2-3-4-5-6-7-8-9-10-11-14-12-13-15(16)17-14/h11-13H,2-10H2,1H3/b14-11-. The first-order valence-corrected chi connectivity index (χ1v) is 6.93. The first-order chi connectivity index (χ1) is 8.33. The minimum atomic E-state index is -0.243. The summed E-state index contributed by atoms with van der Waals surface area (Å²) in [5, 5.41) is 0. The van der Waals surface area contributed by atoms with Crippen LogP contribution in [0, 0.1) is 0 Å². The Hall–Kier alpha value is -1.05. The molecule has 1 heterocycles. The highest BCUT2D eigenvalue weighted by atomic mass is 16.5. The summed E-state index contributed by atoms with van der Waals surface area (Å²) >= 11 is 0. The highest BCUT2D eigenvalue weighted by Crippen LogP contribution is 2.13. The number of allylic oxidation sites excluding steroid dienone is 2. The van der Waals surface area contributed by atoms with Gasteiger partial charge in [0.2, 0.25) is 0 Å². The second-order valence-corrected chi connectivity index (χ2v) is 4.62. The van der Waals surface area contributed by atoms with E-state index in [1.165, 1.54) is 57.4 Å². The van der Waals surface area contributed by atoms with Crippen molar-refractivity contribution in [3.05, 3.63) is 24.0 Å². The zero-order valence-electron chi connectivity index (χ0n) is 10.9. The number of hydrogen-bond acceptors (Lipinski definition) is 2. The van der Waals surface area contributed by atoms with Crippen molar-refractivity contribution in [2.45, 2.75) is 64.7 Å². The SMILES string of the molecule is CCCCCCCCCC/C=C1/C=CC(=O)O1. The second kappa shape index (κ2) is 9.03. The van der Waals surface area contributed by atoms with Gasteiger partial charge in [-0.2, -0.15) is 0 Å². The molecule has 0 aromatic carbocycles. The molecular weight excluding hydrogens is 212 g/mol. The molecule has 0 spiro atoms. The average Bonchev–Trinajstić information content (AvgIpc) is 2.73. The molecule has 0 saturated heterocycles. The number of esters is 1. The maximum atomic E-state index is 10.8. The van der Waals surface area contributed by atoms with Crippen LogP contribution >= 0.6 is 0 Å². The number of ether oxygens (including phenoxy) is 1. The van der Waals surface area contributed by atoms with Crippen LogP contribution in [0.25, 0.3) is 0 Å². The van der Waals surface area contributed by atoms with E-state index in [1.807, 2.05) is 6.08 Å². The van der Waals surface area contributed by atoms with Crippen LogP contribution in [-0.2, 0) is 9.53 Å². The maximum absolute atomic E-state index is 10.8. The van der Waals surface area contributed by atoms with Gasteiger partial charge in [0.1, 0.15) is 5.76 Å². The molecule has 0 atom stereocenters. The quantitative estimate of drug-likeness (QED) is 0.435. The topological polar surface area (TPSA) is 26.3 Å². The lowest BCUT2D eigenvalue weighted by Crippen LogP contribution is -1.90. The predicted octanol–water partition coefficient (Wildman–Crippen LogP) is 4.51. The highest BCUT2D eigenvalue weighted by molar-refractivity contribution is 5.86. The molecule has 2 heteroatoms. The molecule has 2 nitrogen and oxygen atoms in total. The molecule has 0 fully saturated rings. The van der Waals surface area contributed by atoms with E-state index in [0.717, 1.165) is 12.2 Å². The molecule has 0 saturated carbocycles. The first kappa shape index (κ1) is 14.0. The highest BCUT2D eigenvalue weighted by Gasteiger charge is 2.07. The molecule has 0 aromatic heterocycles. The van der Waals surface area contributed by atoms with E-state index in [2.05, 4.69) is 6.92 Å². The van der Waals surface area contributed by atoms with Gasteiger partial charge in [-0.05, 0) is 25.0 Å². The molecule has 1 aliphatic heterocycles. The Morgan fingerprint density at radius 3 is 2.24 bits per heavy atom. The second-order valence-electron chi connectivity index (χ2n) is 4.62. The molecule has 0 aliphatic carbocycles. The molecular formula is C15H24O2. The van der Waals surface area contributed by atoms with E-state index in [9.17, 15) is 4.79 Å². The van der Waals surface area contributed by atoms with Gasteiger partial charge >= 0.3 is 5.97 Å². The monoisotopic (exact) mass is 236 g/mol. The lowest BCUT2D eigenvalue weighted by atomic mass is 10.1. The number of carbonyl (C=O) groups excluding carboxylic acids is 1. The van der Waals surface area contributed by atoms with Crippen molar-refractivity contribution in [3.63, 3.8) is 0 Å². The van der Waals surface area contributed by atoms with Crippen LogP contribution in [0.5, 0.6) is 0 Å². The van der Waals surface area contributed by atoms with E-state index in [-0.39, 0.29) is 5.97 Å². The number of unbranched alkanes of at least 4 members (excludes halogenated alkanes) is 8. The summed E-state index contributed by atoms with van der Waals surface area (Å²) < 4.78 is 4.94. The Morgan fingerprint density at radius 1 is 1.00 bits per heavy atom. The molecule has 0 unspecified atom stereocenters. The molecule has 1 rings (SSSR count). The fraction of sp³-hybridized carbons (Fsp3) is 0.667. The van der Waals surface area contributed by atoms with Crippen LogP contribution in [0.2, 0.25) is 0 Å². The van der Waals surface area contributed by atoms with Crippen LogP contribution in [-0.4, -0.2) is 5.97 Å². The summed E-state index contributed by atoms with van der Waals surface area (Å²) in [6.45, 7) is 2.25. The van der Waals surface area contributed by atoms with Gasteiger partial charge in [0.15, 0.2) is 0 Å². The maximum Gasteiger partial charge on any atom is 0.336 e. The lowest BCUT2D eigenvalue weighted by Gasteiger charge is -2.00. The van der Waals surface area contributed by atoms with Crippen molar-refractivity contribution >= 4 is 5.97 Å². The van der Waals surface area contributed by atoms with E-state index in [4.69, 9.17) is 4.74 Å². The molecule has 0 bridgehead atoms. The molecule has 17 heavy (non-hydrogen) atoms. The van der Waals surface area contributed by atoms with Crippen molar-refractivity contribution < 1.29 is 9.53 Å². The fourth-order valence-electron chi connectivity index (χ4n) is 1.97. The van der Waals surface area contributed by atoms with Gasteiger partial charge < -0.3 is 4.74 Å². The van der Waals surface area contributed by atoms with Crippen LogP contribution < -0.4 is 0 Å². The van der Waals surface area contributed by atoms with Crippen LogP contribution in [0.1, 0.15) is 64.7 Å². The Kier molecular flexibility index (Phi) is 7.44. The van der Waals surface area contributed by atoms with E-state index >= 15 is 0 Å². The summed E-state index contributed by atoms with van der Waals surface area (Å²) in [5.41, 5.74) is 0. The molecule has 0 N–H and O–H groups in total. The van der Waals surface area contributed by atoms with Gasteiger partial charge in [0.05, 0.1) is 0 Å². The van der Waals surface area contributed by atoms with Gasteiger partial charge in [0.25, 0.3) is 0 Å². The summed E-state index contributed by atoms with van der Waals surface area (Å²) in [6, 6.07) is 0. The summed E-state index contributed by atoms with van der Waals surface area (Å²) in [5.74, 6) is 0.477. The first-order valence-electron chi connectivity index (χ1n) is 6.93. The summed E-state index contributed by atoms with van der Waals surface area (Å²) in [4.78, 5) is 10.8. The summed E-state index contributed by atoms with van der Waals surface area (Å²) in [7, 11) is 0. The number of rotatable bonds is 9. The minimum absolute atomic E-state index is 0.243. The van der Waals surface area contributed by atoms with Gasteiger partial charge in [-0.25, -0.2) is 4.79 Å². The number of cyclic esters (lactones) is 1.